The highest BCUT2D eigenvalue weighted by atomic mass is 16.4. The molecule has 1 saturated carbocycles. The molecule has 0 radical (unpaired) electrons. The van der Waals surface area contributed by atoms with Gasteiger partial charge in [-0.2, -0.15) is 0 Å². The first-order valence-corrected chi connectivity index (χ1v) is 10.5. The molecule has 0 N–H and O–H groups in total. The number of benzene rings is 1. The Balaban J connectivity index is 1.28. The Morgan fingerprint density at radius 2 is 1.89 bits per heavy atom. The van der Waals surface area contributed by atoms with Gasteiger partial charge in [-0.25, -0.2) is 0 Å². The van der Waals surface area contributed by atoms with Gasteiger partial charge in [0.2, 0.25) is 11.8 Å². The molecule has 0 amide bonds. The summed E-state index contributed by atoms with van der Waals surface area (Å²) in [6.45, 7) is 7.49. The van der Waals surface area contributed by atoms with Crippen molar-refractivity contribution in [3.05, 3.63) is 47.7 Å². The van der Waals surface area contributed by atoms with Gasteiger partial charge < -0.3 is 4.42 Å². The Morgan fingerprint density at radius 3 is 2.56 bits per heavy atom. The van der Waals surface area contributed by atoms with Gasteiger partial charge in [-0.15, -0.1) is 10.2 Å². The molecule has 2 saturated heterocycles. The van der Waals surface area contributed by atoms with Crippen LogP contribution in [0.5, 0.6) is 0 Å². The number of nitrogens with zero attached hydrogens (tertiary/aromatic N) is 4. The van der Waals surface area contributed by atoms with Crippen LogP contribution in [-0.2, 0) is 6.54 Å². The molecule has 3 heterocycles. The van der Waals surface area contributed by atoms with E-state index in [9.17, 15) is 0 Å². The number of piperidine rings is 2. The van der Waals surface area contributed by atoms with Crippen molar-refractivity contribution in [2.75, 3.05) is 26.2 Å². The fourth-order valence-corrected chi connectivity index (χ4v) is 5.24. The van der Waals surface area contributed by atoms with Gasteiger partial charge in [-0.3, -0.25) is 9.80 Å². The fourth-order valence-electron chi connectivity index (χ4n) is 5.24. The van der Waals surface area contributed by atoms with Crippen LogP contribution in [0.1, 0.15) is 55.4 Å². The third-order valence-electron chi connectivity index (χ3n) is 6.85. The van der Waals surface area contributed by atoms with Gasteiger partial charge in [0.1, 0.15) is 0 Å². The Labute approximate surface area is 161 Å². The van der Waals surface area contributed by atoms with Crippen molar-refractivity contribution in [1.82, 2.24) is 20.0 Å². The molecule has 1 aliphatic carbocycles. The van der Waals surface area contributed by atoms with Crippen LogP contribution in [0, 0.1) is 12.3 Å². The first kappa shape index (κ1) is 17.4. The van der Waals surface area contributed by atoms with E-state index in [1.807, 2.05) is 6.92 Å². The van der Waals surface area contributed by atoms with Crippen LogP contribution in [0.3, 0.4) is 0 Å². The standard InChI is InChI=1S/C22H30N4O/c1-17-23-24-21(27-17)15-25-11-9-22(10-12-25)13-19(18-5-3-2-4-6-18)14-26(16-22)20-7-8-20/h2-6,19-20H,7-16H2,1H3/t19-/m1/s1. The third kappa shape index (κ3) is 3.81. The van der Waals surface area contributed by atoms with E-state index < -0.39 is 0 Å². The molecule has 1 aromatic carbocycles. The number of rotatable bonds is 4. The summed E-state index contributed by atoms with van der Waals surface area (Å²) in [6.07, 6.45) is 6.72. The highest BCUT2D eigenvalue weighted by molar-refractivity contribution is 5.22. The Bertz CT molecular complexity index is 762. The molecule has 2 aromatic rings. The SMILES string of the molecule is Cc1nnc(CN2CCC3(CC2)C[C@@H](c2ccccc2)CN(C2CC2)C3)o1. The monoisotopic (exact) mass is 366 g/mol. The lowest BCUT2D eigenvalue weighted by Gasteiger charge is -2.50. The van der Waals surface area contributed by atoms with Gasteiger partial charge in [0.15, 0.2) is 0 Å². The molecule has 5 rings (SSSR count). The van der Waals surface area contributed by atoms with Crippen LogP contribution >= 0.6 is 0 Å². The Morgan fingerprint density at radius 1 is 1.11 bits per heavy atom. The molecule has 1 atom stereocenters. The van der Waals surface area contributed by atoms with Gasteiger partial charge >= 0.3 is 0 Å². The predicted molar refractivity (Wildman–Crippen MR) is 104 cm³/mol. The summed E-state index contributed by atoms with van der Waals surface area (Å²) in [7, 11) is 0. The molecule has 5 nitrogen and oxygen atoms in total. The van der Waals surface area contributed by atoms with E-state index in [0.717, 1.165) is 31.6 Å². The number of hydrogen-bond donors (Lipinski definition) is 0. The van der Waals surface area contributed by atoms with Crippen molar-refractivity contribution in [3.63, 3.8) is 0 Å². The molecule has 1 spiro atoms. The lowest BCUT2D eigenvalue weighted by Crippen LogP contribution is -2.52. The number of likely N-dealkylation sites (tertiary alicyclic amines) is 2. The number of aromatic nitrogens is 2. The molecule has 0 bridgehead atoms. The maximum absolute atomic E-state index is 5.58. The van der Waals surface area contributed by atoms with Crippen molar-refractivity contribution in [2.45, 2.75) is 57.5 Å². The van der Waals surface area contributed by atoms with Crippen LogP contribution in [0.2, 0.25) is 0 Å². The second-order valence-electron chi connectivity index (χ2n) is 8.96. The zero-order chi connectivity index (χ0) is 18.3. The minimum atomic E-state index is 0.475. The highest BCUT2D eigenvalue weighted by Gasteiger charge is 2.45. The van der Waals surface area contributed by atoms with E-state index in [0.29, 0.717) is 17.2 Å². The zero-order valence-corrected chi connectivity index (χ0v) is 16.3. The fraction of sp³-hybridized carbons (Fsp3) is 0.636. The van der Waals surface area contributed by atoms with E-state index in [4.69, 9.17) is 4.42 Å². The zero-order valence-electron chi connectivity index (χ0n) is 16.3. The molecule has 27 heavy (non-hydrogen) atoms. The molecule has 1 aromatic heterocycles. The third-order valence-corrected chi connectivity index (χ3v) is 6.85. The van der Waals surface area contributed by atoms with Crippen molar-refractivity contribution in [2.24, 2.45) is 5.41 Å². The summed E-state index contributed by atoms with van der Waals surface area (Å²) < 4.78 is 5.58. The second-order valence-corrected chi connectivity index (χ2v) is 8.96. The van der Waals surface area contributed by atoms with Crippen molar-refractivity contribution in [3.8, 4) is 0 Å². The van der Waals surface area contributed by atoms with Gasteiger partial charge in [0.25, 0.3) is 0 Å². The van der Waals surface area contributed by atoms with Gasteiger partial charge in [-0.05, 0) is 62.1 Å². The topological polar surface area (TPSA) is 45.4 Å². The van der Waals surface area contributed by atoms with Gasteiger partial charge in [-0.1, -0.05) is 30.3 Å². The number of aryl methyl sites for hydroxylation is 1. The molecular weight excluding hydrogens is 336 g/mol. The predicted octanol–water partition coefficient (Wildman–Crippen LogP) is 3.61. The van der Waals surface area contributed by atoms with E-state index >= 15 is 0 Å². The first-order valence-electron chi connectivity index (χ1n) is 10.5. The van der Waals surface area contributed by atoms with E-state index in [2.05, 4.69) is 50.3 Å². The molecule has 144 valence electrons. The lowest BCUT2D eigenvalue weighted by atomic mass is 9.68. The van der Waals surface area contributed by atoms with Crippen LogP contribution in [0.25, 0.3) is 0 Å². The summed E-state index contributed by atoms with van der Waals surface area (Å²) in [4.78, 5) is 5.31. The highest BCUT2D eigenvalue weighted by Crippen LogP contribution is 2.47. The van der Waals surface area contributed by atoms with Crippen molar-refractivity contribution >= 4 is 0 Å². The van der Waals surface area contributed by atoms with Crippen LogP contribution < -0.4 is 0 Å². The normalized spacial score (nSPS) is 26.5. The van der Waals surface area contributed by atoms with Crippen molar-refractivity contribution in [1.29, 1.82) is 0 Å². The van der Waals surface area contributed by atoms with E-state index in [1.54, 1.807) is 0 Å². The summed E-state index contributed by atoms with van der Waals surface area (Å²) in [5.74, 6) is 2.11. The summed E-state index contributed by atoms with van der Waals surface area (Å²) in [5, 5.41) is 8.14. The lowest BCUT2D eigenvalue weighted by molar-refractivity contribution is 0.00643. The van der Waals surface area contributed by atoms with E-state index in [1.165, 1.54) is 50.8 Å². The van der Waals surface area contributed by atoms with Crippen molar-refractivity contribution < 1.29 is 4.42 Å². The molecule has 3 aliphatic rings. The quantitative estimate of drug-likeness (QED) is 0.827. The minimum Gasteiger partial charge on any atom is -0.424 e. The summed E-state index contributed by atoms with van der Waals surface area (Å²) >= 11 is 0. The van der Waals surface area contributed by atoms with Crippen LogP contribution in [0.15, 0.2) is 34.7 Å². The molecule has 3 fully saturated rings. The average molecular weight is 367 g/mol. The Kier molecular flexibility index (Phi) is 4.52. The van der Waals surface area contributed by atoms with Crippen LogP contribution in [-0.4, -0.2) is 52.2 Å². The second kappa shape index (κ2) is 7.02. The maximum atomic E-state index is 5.58. The summed E-state index contributed by atoms with van der Waals surface area (Å²) in [6, 6.07) is 12.1. The van der Waals surface area contributed by atoms with Gasteiger partial charge in [0.05, 0.1) is 6.54 Å². The van der Waals surface area contributed by atoms with Crippen LogP contribution in [0.4, 0.5) is 0 Å². The molecular formula is C22H30N4O. The first-order chi connectivity index (χ1) is 13.2. The largest absolute Gasteiger partial charge is 0.424 e. The molecule has 0 unspecified atom stereocenters. The maximum Gasteiger partial charge on any atom is 0.230 e. The van der Waals surface area contributed by atoms with E-state index in [-0.39, 0.29) is 0 Å². The average Bonchev–Trinajstić information content (AvgIpc) is 3.47. The number of hydrogen-bond acceptors (Lipinski definition) is 5. The molecule has 5 heteroatoms. The smallest absolute Gasteiger partial charge is 0.230 e. The van der Waals surface area contributed by atoms with Gasteiger partial charge in [0, 0.05) is 26.1 Å². The Hall–Kier alpha value is -1.72. The minimum absolute atomic E-state index is 0.475. The molecule has 2 aliphatic heterocycles. The summed E-state index contributed by atoms with van der Waals surface area (Å²) in [5.41, 5.74) is 2.01.